The Labute approximate surface area is 221 Å². The molecule has 3 heterocycles. The molecule has 1 aliphatic rings. The van der Waals surface area contributed by atoms with Gasteiger partial charge in [-0.3, -0.25) is 0 Å². The molecule has 3 aromatic carbocycles. The molecule has 0 saturated carbocycles. The summed E-state index contributed by atoms with van der Waals surface area (Å²) in [4.78, 5) is 15.9. The van der Waals surface area contributed by atoms with E-state index >= 15 is 0 Å². The van der Waals surface area contributed by atoms with Gasteiger partial charge in [-0.1, -0.05) is 48.0 Å². The molecule has 0 radical (unpaired) electrons. The Kier molecular flexibility index (Phi) is 5.83. The van der Waals surface area contributed by atoms with Crippen LogP contribution in [-0.4, -0.2) is 25.3 Å². The average molecular weight is 506 g/mol. The lowest BCUT2D eigenvalue weighted by Gasteiger charge is -2.31. The zero-order valence-electron chi connectivity index (χ0n) is 21.5. The number of anilines is 1. The van der Waals surface area contributed by atoms with E-state index in [0.717, 1.165) is 50.8 Å². The number of carbonyl (C=O) groups excluding carboxylic acids is 1. The molecule has 0 fully saturated rings. The minimum atomic E-state index is -0.452. The first-order chi connectivity index (χ1) is 18.4. The largest absolute Gasteiger partial charge is 0.322 e. The fraction of sp³-hybridized carbons (Fsp3) is 0.161. The molecule has 190 valence electrons. The maximum absolute atomic E-state index is 14.0. The maximum Gasteiger partial charge on any atom is 0.322 e. The summed E-state index contributed by atoms with van der Waals surface area (Å²) in [6.07, 6.45) is 2.00. The predicted octanol–water partition coefficient (Wildman–Crippen LogP) is 6.86. The van der Waals surface area contributed by atoms with Crippen molar-refractivity contribution in [3.05, 3.63) is 131 Å². The molecule has 0 unspecified atom stereocenters. The van der Waals surface area contributed by atoms with Gasteiger partial charge >= 0.3 is 6.03 Å². The van der Waals surface area contributed by atoms with Gasteiger partial charge in [0.1, 0.15) is 11.6 Å². The Balaban J connectivity index is 1.53. The average Bonchev–Trinajstić information content (AvgIpc) is 3.47. The van der Waals surface area contributed by atoms with Crippen molar-refractivity contribution in [3.8, 4) is 11.5 Å². The highest BCUT2D eigenvalue weighted by atomic mass is 19.1. The number of rotatable bonds is 3. The second-order valence-corrected chi connectivity index (χ2v) is 9.77. The molecular weight excluding hydrogens is 477 g/mol. The van der Waals surface area contributed by atoms with Gasteiger partial charge in [-0.05, 0) is 74.4 Å². The highest BCUT2D eigenvalue weighted by molar-refractivity contribution is 5.91. The highest BCUT2D eigenvalue weighted by Gasteiger charge is 2.36. The SMILES string of the molecule is Cc1ccc(NC(=O)N2Cc3c(C)nn(-c4ccccc4)c3-n3cccc3[C@@H]2c2ccc(F)cc2)c(C)c1. The zero-order chi connectivity index (χ0) is 26.4. The molecule has 2 amide bonds. The molecule has 0 bridgehead atoms. The van der Waals surface area contributed by atoms with Crippen LogP contribution in [0.2, 0.25) is 0 Å². The van der Waals surface area contributed by atoms with E-state index in [1.807, 2.05) is 97.2 Å². The van der Waals surface area contributed by atoms with Crippen LogP contribution in [0.25, 0.3) is 11.5 Å². The van der Waals surface area contributed by atoms with Crippen LogP contribution in [0.15, 0.2) is 91.1 Å². The van der Waals surface area contributed by atoms with Crippen LogP contribution in [0.4, 0.5) is 14.9 Å². The number of halogens is 1. The van der Waals surface area contributed by atoms with Crippen LogP contribution in [0.1, 0.15) is 39.7 Å². The lowest BCUT2D eigenvalue weighted by Crippen LogP contribution is -2.38. The van der Waals surface area contributed by atoms with Crippen LogP contribution in [0, 0.1) is 26.6 Å². The van der Waals surface area contributed by atoms with E-state index in [4.69, 9.17) is 5.10 Å². The second-order valence-electron chi connectivity index (χ2n) is 9.77. The van der Waals surface area contributed by atoms with E-state index in [0.29, 0.717) is 6.54 Å². The maximum atomic E-state index is 14.0. The number of benzene rings is 3. The standard InChI is InChI=1S/C31H28FN5O/c1-20-11-16-27(21(2)18-20)33-31(38)36-19-26-22(3)34-37(25-8-5-4-6-9-25)30(26)35-17-7-10-28(35)29(36)23-12-14-24(32)15-13-23/h4-18,29H,19H2,1-3H3,(H,33,38)/t29-/m0/s1. The Morgan fingerprint density at radius 1 is 0.947 bits per heavy atom. The van der Waals surface area contributed by atoms with E-state index in [9.17, 15) is 9.18 Å². The topological polar surface area (TPSA) is 55.1 Å². The van der Waals surface area contributed by atoms with E-state index in [1.54, 1.807) is 12.1 Å². The summed E-state index contributed by atoms with van der Waals surface area (Å²) < 4.78 is 18.0. The van der Waals surface area contributed by atoms with Crippen molar-refractivity contribution in [3.63, 3.8) is 0 Å². The number of hydrogen-bond acceptors (Lipinski definition) is 2. The lowest BCUT2D eigenvalue weighted by molar-refractivity contribution is 0.194. The third kappa shape index (κ3) is 4.06. The Hall–Kier alpha value is -4.65. The molecule has 0 saturated heterocycles. The molecule has 1 N–H and O–H groups in total. The predicted molar refractivity (Wildman–Crippen MR) is 146 cm³/mol. The Bertz CT molecular complexity index is 1640. The van der Waals surface area contributed by atoms with Crippen LogP contribution in [-0.2, 0) is 6.54 Å². The van der Waals surface area contributed by atoms with E-state index < -0.39 is 6.04 Å². The molecule has 38 heavy (non-hydrogen) atoms. The summed E-state index contributed by atoms with van der Waals surface area (Å²) in [7, 11) is 0. The van der Waals surface area contributed by atoms with Crippen molar-refractivity contribution < 1.29 is 9.18 Å². The summed E-state index contributed by atoms with van der Waals surface area (Å²) in [5, 5.41) is 8.02. The molecule has 6 nitrogen and oxygen atoms in total. The van der Waals surface area contributed by atoms with E-state index in [1.165, 1.54) is 12.1 Å². The molecule has 5 aromatic rings. The van der Waals surface area contributed by atoms with Gasteiger partial charge in [0.05, 0.1) is 29.7 Å². The third-order valence-corrected chi connectivity index (χ3v) is 7.16. The molecule has 7 heteroatoms. The first kappa shape index (κ1) is 23.7. The Morgan fingerprint density at radius 2 is 1.71 bits per heavy atom. The molecule has 0 spiro atoms. The second kappa shape index (κ2) is 9.34. The number of amides is 2. The minimum Gasteiger partial charge on any atom is -0.308 e. The van der Waals surface area contributed by atoms with Gasteiger partial charge in [0, 0.05) is 17.4 Å². The Morgan fingerprint density at radius 3 is 2.45 bits per heavy atom. The molecule has 6 rings (SSSR count). The fourth-order valence-electron chi connectivity index (χ4n) is 5.29. The minimum absolute atomic E-state index is 0.237. The summed E-state index contributed by atoms with van der Waals surface area (Å²) in [5.41, 5.74) is 7.32. The van der Waals surface area contributed by atoms with Gasteiger partial charge in [-0.2, -0.15) is 5.10 Å². The van der Waals surface area contributed by atoms with Gasteiger partial charge in [0.15, 0.2) is 0 Å². The van der Waals surface area contributed by atoms with Gasteiger partial charge < -0.3 is 14.8 Å². The van der Waals surface area contributed by atoms with Crippen LogP contribution in [0.3, 0.4) is 0 Å². The zero-order valence-corrected chi connectivity index (χ0v) is 21.5. The first-order valence-corrected chi connectivity index (χ1v) is 12.6. The van der Waals surface area contributed by atoms with Crippen molar-refractivity contribution in [1.82, 2.24) is 19.2 Å². The summed E-state index contributed by atoms with van der Waals surface area (Å²) in [6, 6.07) is 25.6. The number of aryl methyl sites for hydroxylation is 3. The monoisotopic (exact) mass is 505 g/mol. The van der Waals surface area contributed by atoms with Crippen LogP contribution >= 0.6 is 0 Å². The third-order valence-electron chi connectivity index (χ3n) is 7.16. The molecule has 1 atom stereocenters. The quantitative estimate of drug-likeness (QED) is 0.291. The first-order valence-electron chi connectivity index (χ1n) is 12.6. The lowest BCUT2D eigenvalue weighted by atomic mass is 10.0. The normalized spacial score (nSPS) is 14.5. The van der Waals surface area contributed by atoms with E-state index in [-0.39, 0.29) is 11.8 Å². The van der Waals surface area contributed by atoms with Gasteiger partial charge in [0.2, 0.25) is 0 Å². The summed E-state index contributed by atoms with van der Waals surface area (Å²) >= 11 is 0. The molecule has 1 aliphatic heterocycles. The summed E-state index contributed by atoms with van der Waals surface area (Å²) in [6.45, 7) is 6.31. The number of aromatic nitrogens is 3. The van der Waals surface area contributed by atoms with E-state index in [2.05, 4.69) is 9.88 Å². The fourth-order valence-corrected chi connectivity index (χ4v) is 5.29. The van der Waals surface area contributed by atoms with Crippen molar-refractivity contribution in [2.24, 2.45) is 0 Å². The van der Waals surface area contributed by atoms with Crippen LogP contribution in [0.5, 0.6) is 0 Å². The number of para-hydroxylation sites is 1. The smallest absolute Gasteiger partial charge is 0.308 e. The van der Waals surface area contributed by atoms with Crippen molar-refractivity contribution in [2.45, 2.75) is 33.4 Å². The van der Waals surface area contributed by atoms with Gasteiger partial charge in [0.25, 0.3) is 0 Å². The number of hydrogen-bond donors (Lipinski definition) is 1. The molecule has 2 aromatic heterocycles. The number of carbonyl (C=O) groups is 1. The number of urea groups is 1. The van der Waals surface area contributed by atoms with Gasteiger partial charge in [-0.25, -0.2) is 13.9 Å². The summed E-state index contributed by atoms with van der Waals surface area (Å²) in [5.74, 6) is 0.575. The number of nitrogens with one attached hydrogen (secondary N) is 1. The van der Waals surface area contributed by atoms with Crippen molar-refractivity contribution >= 4 is 11.7 Å². The van der Waals surface area contributed by atoms with Crippen molar-refractivity contribution in [1.29, 1.82) is 0 Å². The van der Waals surface area contributed by atoms with Gasteiger partial charge in [-0.15, -0.1) is 0 Å². The van der Waals surface area contributed by atoms with Crippen LogP contribution < -0.4 is 5.32 Å². The number of nitrogens with zero attached hydrogens (tertiary/aromatic N) is 4. The molecular formula is C31H28FN5O. The number of fused-ring (bicyclic) bond motifs is 3. The molecule has 0 aliphatic carbocycles. The van der Waals surface area contributed by atoms with Crippen molar-refractivity contribution in [2.75, 3.05) is 5.32 Å². The highest BCUT2D eigenvalue weighted by Crippen LogP contribution is 2.39.